The summed E-state index contributed by atoms with van der Waals surface area (Å²) < 4.78 is 11.1. The number of benzene rings is 3. The number of methoxy groups -OCH3 is 2. The van der Waals surface area contributed by atoms with Crippen LogP contribution in [0.3, 0.4) is 0 Å². The number of carbonyl (C=O) groups excluding carboxylic acids is 1. The van der Waals surface area contributed by atoms with Crippen LogP contribution in [-0.4, -0.2) is 30.3 Å². The molecule has 2 aliphatic heterocycles. The number of hydrogen-bond donors (Lipinski definition) is 1. The standard InChI is InChI=1S/C25H21ClN4O3S/c1-32-17-11-12-21(33-2)19(13-17)23-27-20-6-4-3-5-18(20)22-24(31)28-25(29-30(22)23)34-14-15-7-9-16(26)10-8-15/h3-13,23H,14H2,1-2H3,(H,28,29,31)/t23-/m1/s1. The number of amidine groups is 1. The number of amides is 1. The van der Waals surface area contributed by atoms with Crippen LogP contribution in [-0.2, 0) is 10.5 Å². The minimum Gasteiger partial charge on any atom is -0.497 e. The minimum atomic E-state index is -0.605. The van der Waals surface area contributed by atoms with Gasteiger partial charge >= 0.3 is 0 Å². The molecule has 0 unspecified atom stereocenters. The number of fused-ring (bicyclic) bond motifs is 2. The highest BCUT2D eigenvalue weighted by Gasteiger charge is 2.35. The fraction of sp³-hybridized carbons (Fsp3) is 0.160. The lowest BCUT2D eigenvalue weighted by Gasteiger charge is -2.34. The van der Waals surface area contributed by atoms with Gasteiger partial charge in [0.05, 0.1) is 19.6 Å². The van der Waals surface area contributed by atoms with Gasteiger partial charge < -0.3 is 9.47 Å². The molecule has 0 aromatic heterocycles. The maximum Gasteiger partial charge on any atom is 0.276 e. The van der Waals surface area contributed by atoms with Gasteiger partial charge in [-0.15, -0.1) is 5.10 Å². The monoisotopic (exact) mass is 492 g/mol. The smallest absolute Gasteiger partial charge is 0.276 e. The molecule has 34 heavy (non-hydrogen) atoms. The van der Waals surface area contributed by atoms with Crippen molar-refractivity contribution in [3.8, 4) is 11.5 Å². The zero-order chi connectivity index (χ0) is 23.7. The molecule has 5 rings (SSSR count). The van der Waals surface area contributed by atoms with Gasteiger partial charge in [-0.1, -0.05) is 53.7 Å². The highest BCUT2D eigenvalue weighted by atomic mass is 35.5. The SMILES string of the molecule is COc1ccc(OC)c([C@@H]2N=c3ccccc3=C3C(=O)NC(SCc4ccc(Cl)cc4)=NN32)c1. The van der Waals surface area contributed by atoms with E-state index in [-0.39, 0.29) is 5.91 Å². The summed E-state index contributed by atoms with van der Waals surface area (Å²) in [5.74, 6) is 1.68. The lowest BCUT2D eigenvalue weighted by Crippen LogP contribution is -2.50. The van der Waals surface area contributed by atoms with Crippen molar-refractivity contribution in [2.45, 2.75) is 11.9 Å². The molecule has 1 atom stereocenters. The second kappa shape index (κ2) is 9.40. The summed E-state index contributed by atoms with van der Waals surface area (Å²) in [5.41, 5.74) is 2.26. The van der Waals surface area contributed by atoms with Crippen molar-refractivity contribution in [1.82, 2.24) is 10.3 Å². The molecule has 9 heteroatoms. The van der Waals surface area contributed by atoms with E-state index in [0.29, 0.717) is 38.5 Å². The van der Waals surface area contributed by atoms with Crippen LogP contribution in [0, 0.1) is 0 Å². The van der Waals surface area contributed by atoms with E-state index in [2.05, 4.69) is 5.32 Å². The molecule has 7 nitrogen and oxygen atoms in total. The van der Waals surface area contributed by atoms with Crippen molar-refractivity contribution in [1.29, 1.82) is 0 Å². The van der Waals surface area contributed by atoms with Gasteiger partial charge in [0.1, 0.15) is 17.2 Å². The average molecular weight is 493 g/mol. The Bertz CT molecular complexity index is 1410. The number of ether oxygens (including phenoxy) is 2. The quantitative estimate of drug-likeness (QED) is 0.590. The molecule has 3 aromatic carbocycles. The number of para-hydroxylation sites is 1. The molecule has 0 radical (unpaired) electrons. The first kappa shape index (κ1) is 22.3. The Kier molecular flexibility index (Phi) is 6.17. The van der Waals surface area contributed by atoms with Crippen molar-refractivity contribution in [2.75, 3.05) is 14.2 Å². The Morgan fingerprint density at radius 2 is 1.85 bits per heavy atom. The molecule has 172 valence electrons. The second-order valence-electron chi connectivity index (χ2n) is 7.60. The van der Waals surface area contributed by atoms with Gasteiger partial charge in [-0.3, -0.25) is 15.1 Å². The number of hydrogen-bond acceptors (Lipinski definition) is 7. The number of nitrogens with one attached hydrogen (secondary N) is 1. The first-order chi connectivity index (χ1) is 16.6. The summed E-state index contributed by atoms with van der Waals surface area (Å²) >= 11 is 7.43. The molecule has 0 saturated heterocycles. The Morgan fingerprint density at radius 1 is 1.06 bits per heavy atom. The summed E-state index contributed by atoms with van der Waals surface area (Å²) in [6.07, 6.45) is -0.605. The highest BCUT2D eigenvalue weighted by Crippen LogP contribution is 2.37. The number of hydrazone groups is 1. The van der Waals surface area contributed by atoms with E-state index in [0.717, 1.165) is 16.3 Å². The molecule has 0 spiro atoms. The zero-order valence-corrected chi connectivity index (χ0v) is 20.1. The number of carbonyl (C=O) groups is 1. The van der Waals surface area contributed by atoms with Crippen molar-refractivity contribution in [3.05, 3.63) is 93.5 Å². The lowest BCUT2D eigenvalue weighted by molar-refractivity contribution is -0.116. The average Bonchev–Trinajstić information content (AvgIpc) is 2.87. The zero-order valence-electron chi connectivity index (χ0n) is 18.5. The first-order valence-corrected chi connectivity index (χ1v) is 11.9. The summed E-state index contributed by atoms with van der Waals surface area (Å²) in [7, 11) is 3.21. The number of nitrogens with zero attached hydrogens (tertiary/aromatic N) is 3. The second-order valence-corrected chi connectivity index (χ2v) is 9.00. The number of thioether (sulfide) groups is 1. The Balaban J connectivity index is 1.59. The van der Waals surface area contributed by atoms with Gasteiger partial charge in [0.15, 0.2) is 11.3 Å². The largest absolute Gasteiger partial charge is 0.497 e. The molecular formula is C25H21ClN4O3S. The van der Waals surface area contributed by atoms with Crippen LogP contribution in [0.1, 0.15) is 17.3 Å². The lowest BCUT2D eigenvalue weighted by atomic mass is 10.1. The van der Waals surface area contributed by atoms with Crippen LogP contribution in [0.4, 0.5) is 0 Å². The van der Waals surface area contributed by atoms with Gasteiger partial charge in [0, 0.05) is 21.6 Å². The maximum atomic E-state index is 13.3. The third kappa shape index (κ3) is 4.22. The topological polar surface area (TPSA) is 75.5 Å². The number of halogens is 1. The predicted octanol–water partition coefficient (Wildman–Crippen LogP) is 3.43. The van der Waals surface area contributed by atoms with Crippen molar-refractivity contribution < 1.29 is 14.3 Å². The normalized spacial score (nSPS) is 16.6. The maximum absolute atomic E-state index is 13.3. The first-order valence-electron chi connectivity index (χ1n) is 10.5. The molecule has 0 fully saturated rings. The Hall–Kier alpha value is -3.49. The summed E-state index contributed by atoms with van der Waals surface area (Å²) in [5, 5.41) is 12.0. The summed E-state index contributed by atoms with van der Waals surface area (Å²) in [6.45, 7) is 0. The minimum absolute atomic E-state index is 0.234. The Morgan fingerprint density at radius 3 is 2.62 bits per heavy atom. The van der Waals surface area contributed by atoms with E-state index in [1.807, 2.05) is 66.7 Å². The van der Waals surface area contributed by atoms with Gasteiger partial charge in [-0.05, 0) is 42.0 Å². The fourth-order valence-electron chi connectivity index (χ4n) is 3.87. The molecule has 0 aliphatic carbocycles. The van der Waals surface area contributed by atoms with E-state index in [4.69, 9.17) is 31.2 Å². The van der Waals surface area contributed by atoms with Gasteiger partial charge in [-0.25, -0.2) is 5.01 Å². The molecule has 2 heterocycles. The van der Waals surface area contributed by atoms with Gasteiger partial charge in [0.25, 0.3) is 5.91 Å². The van der Waals surface area contributed by atoms with Crippen LogP contribution < -0.4 is 25.4 Å². The van der Waals surface area contributed by atoms with Crippen molar-refractivity contribution in [2.24, 2.45) is 10.1 Å². The molecular weight excluding hydrogens is 472 g/mol. The van der Waals surface area contributed by atoms with E-state index in [1.54, 1.807) is 19.2 Å². The van der Waals surface area contributed by atoms with Gasteiger partial charge in [-0.2, -0.15) is 0 Å². The predicted molar refractivity (Wildman–Crippen MR) is 133 cm³/mol. The molecule has 0 saturated carbocycles. The highest BCUT2D eigenvalue weighted by molar-refractivity contribution is 8.13. The van der Waals surface area contributed by atoms with E-state index >= 15 is 0 Å². The van der Waals surface area contributed by atoms with Crippen LogP contribution in [0.2, 0.25) is 5.02 Å². The van der Waals surface area contributed by atoms with E-state index in [1.165, 1.54) is 11.8 Å². The van der Waals surface area contributed by atoms with E-state index < -0.39 is 6.17 Å². The van der Waals surface area contributed by atoms with Crippen LogP contribution >= 0.6 is 23.4 Å². The molecule has 3 aromatic rings. The van der Waals surface area contributed by atoms with Crippen LogP contribution in [0.25, 0.3) is 5.70 Å². The molecule has 0 bridgehead atoms. The third-order valence-corrected chi connectivity index (χ3v) is 6.71. The van der Waals surface area contributed by atoms with Crippen LogP contribution in [0.15, 0.2) is 76.8 Å². The Labute approximate surface area is 205 Å². The van der Waals surface area contributed by atoms with Crippen molar-refractivity contribution in [3.63, 3.8) is 0 Å². The third-order valence-electron chi connectivity index (χ3n) is 5.52. The summed E-state index contributed by atoms with van der Waals surface area (Å²) in [4.78, 5) is 18.3. The molecule has 1 N–H and O–H groups in total. The fourth-order valence-corrected chi connectivity index (χ4v) is 4.80. The summed E-state index contributed by atoms with van der Waals surface area (Å²) in [6, 6.07) is 20.7. The van der Waals surface area contributed by atoms with E-state index in [9.17, 15) is 4.79 Å². The van der Waals surface area contributed by atoms with Gasteiger partial charge in [0.2, 0.25) is 0 Å². The van der Waals surface area contributed by atoms with Crippen LogP contribution in [0.5, 0.6) is 11.5 Å². The van der Waals surface area contributed by atoms with Crippen molar-refractivity contribution >= 4 is 40.1 Å². The molecule has 1 amide bonds. The molecule has 2 aliphatic rings. The number of rotatable bonds is 5.